The van der Waals surface area contributed by atoms with Crippen LogP contribution in [-0.4, -0.2) is 57.4 Å². The van der Waals surface area contributed by atoms with Crippen molar-refractivity contribution in [1.29, 1.82) is 0 Å². The Morgan fingerprint density at radius 2 is 2.12 bits per heavy atom. The summed E-state index contributed by atoms with van der Waals surface area (Å²) >= 11 is 3.50. The first kappa shape index (κ1) is 15.5. The Morgan fingerprint density at radius 3 is 2.65 bits per heavy atom. The van der Waals surface area contributed by atoms with Gasteiger partial charge in [0.25, 0.3) is 0 Å². The molecule has 1 aliphatic rings. The Labute approximate surface area is 107 Å². The summed E-state index contributed by atoms with van der Waals surface area (Å²) in [5, 5.41) is 0. The van der Waals surface area contributed by atoms with E-state index in [1.165, 1.54) is 0 Å². The quantitative estimate of drug-likeness (QED) is 0.305. The lowest BCUT2D eigenvalue weighted by Crippen LogP contribution is -2.37. The van der Waals surface area contributed by atoms with Crippen LogP contribution >= 0.6 is 19.0 Å². The molecule has 100 valence electrons. The van der Waals surface area contributed by atoms with E-state index >= 15 is 0 Å². The van der Waals surface area contributed by atoms with Crippen LogP contribution in [0.1, 0.15) is 6.92 Å². The van der Waals surface area contributed by atoms with Gasteiger partial charge in [-0.25, -0.2) is 4.57 Å². The highest BCUT2D eigenvalue weighted by Gasteiger charge is 2.44. The van der Waals surface area contributed by atoms with E-state index in [0.717, 1.165) is 0 Å². The van der Waals surface area contributed by atoms with Crippen molar-refractivity contribution in [2.75, 3.05) is 20.3 Å². The summed E-state index contributed by atoms with van der Waals surface area (Å²) in [6, 6.07) is -0.202. The predicted octanol–water partition coefficient (Wildman–Crippen LogP) is -0.189. The number of hydrogen-bond acceptors (Lipinski definition) is 5. The SMILES string of the molecule is B[C@@H]1O[C@H](C)C(OP(=O)(O)S)[C@@H]1OCCOC. The molecular formula is C8H18BO6PS. The van der Waals surface area contributed by atoms with Gasteiger partial charge in [0.1, 0.15) is 20.1 Å². The molecule has 0 bridgehead atoms. The van der Waals surface area contributed by atoms with E-state index < -0.39 is 19.0 Å². The van der Waals surface area contributed by atoms with Gasteiger partial charge in [0.15, 0.2) is 0 Å². The fraction of sp³-hybridized carbons (Fsp3) is 1.00. The lowest BCUT2D eigenvalue weighted by Gasteiger charge is -2.23. The van der Waals surface area contributed by atoms with Crippen molar-refractivity contribution in [3.8, 4) is 0 Å². The van der Waals surface area contributed by atoms with Crippen LogP contribution in [0, 0.1) is 0 Å². The lowest BCUT2D eigenvalue weighted by molar-refractivity contribution is -0.0307. The van der Waals surface area contributed by atoms with E-state index in [-0.39, 0.29) is 12.1 Å². The van der Waals surface area contributed by atoms with Crippen molar-refractivity contribution in [1.82, 2.24) is 0 Å². The maximum atomic E-state index is 11.2. The van der Waals surface area contributed by atoms with E-state index in [1.54, 1.807) is 14.0 Å². The maximum absolute atomic E-state index is 11.2. The molecule has 0 saturated carbocycles. The average Bonchev–Trinajstić information content (AvgIpc) is 2.42. The van der Waals surface area contributed by atoms with Crippen molar-refractivity contribution in [3.05, 3.63) is 0 Å². The molecule has 0 aromatic heterocycles. The Morgan fingerprint density at radius 1 is 1.47 bits per heavy atom. The van der Waals surface area contributed by atoms with Crippen LogP contribution in [0.4, 0.5) is 0 Å². The van der Waals surface area contributed by atoms with Crippen molar-refractivity contribution in [2.45, 2.75) is 31.2 Å². The monoisotopic (exact) mass is 284 g/mol. The molecule has 0 aliphatic carbocycles. The molecule has 9 heteroatoms. The number of thiol groups is 1. The fourth-order valence-electron chi connectivity index (χ4n) is 1.83. The lowest BCUT2D eigenvalue weighted by atomic mass is 9.93. The molecule has 2 unspecified atom stereocenters. The van der Waals surface area contributed by atoms with Crippen LogP contribution in [0.15, 0.2) is 0 Å². The van der Waals surface area contributed by atoms with Gasteiger partial charge in [-0.1, -0.05) is 12.2 Å². The fourth-order valence-corrected chi connectivity index (χ4v) is 2.76. The third-order valence-electron chi connectivity index (χ3n) is 2.54. The van der Waals surface area contributed by atoms with E-state index in [1.807, 2.05) is 7.85 Å². The molecule has 0 amide bonds. The van der Waals surface area contributed by atoms with Gasteiger partial charge in [-0.3, -0.25) is 4.52 Å². The number of methoxy groups -OCH3 is 1. The minimum Gasteiger partial charge on any atom is -0.382 e. The molecule has 0 spiro atoms. The van der Waals surface area contributed by atoms with Crippen LogP contribution < -0.4 is 0 Å². The molecule has 1 fully saturated rings. The summed E-state index contributed by atoms with van der Waals surface area (Å²) < 4.78 is 32.1. The second-order valence-electron chi connectivity index (χ2n) is 3.94. The number of ether oxygens (including phenoxy) is 3. The molecule has 1 heterocycles. The van der Waals surface area contributed by atoms with E-state index in [9.17, 15) is 4.57 Å². The summed E-state index contributed by atoms with van der Waals surface area (Å²) in [7, 11) is 3.41. The zero-order valence-electron chi connectivity index (χ0n) is 10.1. The average molecular weight is 284 g/mol. The van der Waals surface area contributed by atoms with Crippen molar-refractivity contribution >= 4 is 26.9 Å². The predicted molar refractivity (Wildman–Crippen MR) is 68.2 cm³/mol. The van der Waals surface area contributed by atoms with E-state index in [2.05, 4.69) is 12.2 Å². The van der Waals surface area contributed by atoms with Gasteiger partial charge in [-0.15, -0.1) is 0 Å². The van der Waals surface area contributed by atoms with Gasteiger partial charge in [0, 0.05) is 7.11 Å². The van der Waals surface area contributed by atoms with Crippen molar-refractivity contribution in [2.24, 2.45) is 0 Å². The van der Waals surface area contributed by atoms with Gasteiger partial charge in [0.05, 0.1) is 25.3 Å². The zero-order chi connectivity index (χ0) is 13.1. The first-order valence-electron chi connectivity index (χ1n) is 5.35. The van der Waals surface area contributed by atoms with E-state index in [0.29, 0.717) is 13.2 Å². The standard InChI is InChI=1S/C8H18BO6PS/c1-5-6(15-16(10,11)17)7(8(9)14-5)13-4-3-12-2/h5-8H,3-4,9H2,1-2H3,(H2,10,11,17)/t5-,6?,7+,8-/m1/s1. The molecule has 6 nitrogen and oxygen atoms in total. The summed E-state index contributed by atoms with van der Waals surface area (Å²) in [5.41, 5.74) is 0. The largest absolute Gasteiger partial charge is 0.383 e. The molecule has 1 rings (SSSR count). The second kappa shape index (κ2) is 6.56. The Hall–Kier alpha value is 0.445. The highest BCUT2D eigenvalue weighted by atomic mass is 32.7. The van der Waals surface area contributed by atoms with Crippen LogP contribution in [0.2, 0.25) is 0 Å². The highest BCUT2D eigenvalue weighted by Crippen LogP contribution is 2.50. The van der Waals surface area contributed by atoms with Crippen LogP contribution in [0.25, 0.3) is 0 Å². The smallest absolute Gasteiger partial charge is 0.382 e. The first-order chi connectivity index (χ1) is 7.85. The summed E-state index contributed by atoms with van der Waals surface area (Å²) in [6.07, 6.45) is -1.31. The summed E-state index contributed by atoms with van der Waals surface area (Å²) in [6.45, 7) is -1.26. The molecule has 17 heavy (non-hydrogen) atoms. The Kier molecular flexibility index (Phi) is 5.99. The normalized spacial score (nSPS) is 36.9. The molecule has 1 N–H and O–H groups in total. The highest BCUT2D eigenvalue weighted by molar-refractivity contribution is 8.44. The number of rotatable bonds is 6. The maximum Gasteiger partial charge on any atom is 0.383 e. The molecule has 0 aromatic carbocycles. The van der Waals surface area contributed by atoms with Crippen LogP contribution in [0.3, 0.4) is 0 Å². The molecule has 5 atom stereocenters. The summed E-state index contributed by atoms with van der Waals surface area (Å²) in [5.74, 6) is 0. The van der Waals surface area contributed by atoms with Gasteiger partial charge in [0.2, 0.25) is 0 Å². The molecular weight excluding hydrogens is 266 g/mol. The third-order valence-corrected chi connectivity index (χ3v) is 3.34. The number of hydrogen-bond donors (Lipinski definition) is 2. The van der Waals surface area contributed by atoms with Gasteiger partial charge in [-0.05, 0) is 6.92 Å². The van der Waals surface area contributed by atoms with Gasteiger partial charge >= 0.3 is 6.80 Å². The topological polar surface area (TPSA) is 74.2 Å². The Bertz CT molecular complexity index is 287. The van der Waals surface area contributed by atoms with Crippen LogP contribution in [0.5, 0.6) is 0 Å². The van der Waals surface area contributed by atoms with Crippen molar-refractivity contribution < 1.29 is 28.2 Å². The molecule has 0 aromatic rings. The van der Waals surface area contributed by atoms with Crippen LogP contribution in [-0.2, 0) is 23.3 Å². The Balaban J connectivity index is 2.59. The van der Waals surface area contributed by atoms with Gasteiger partial charge < -0.3 is 19.1 Å². The second-order valence-corrected chi connectivity index (χ2v) is 6.64. The molecule has 1 saturated heterocycles. The first-order valence-corrected chi connectivity index (χ1v) is 8.08. The van der Waals surface area contributed by atoms with E-state index in [4.69, 9.17) is 23.6 Å². The minimum atomic E-state index is -3.85. The summed E-state index contributed by atoms with van der Waals surface area (Å²) in [4.78, 5) is 9.13. The molecule has 1 aliphatic heterocycles. The third kappa shape index (κ3) is 4.91. The van der Waals surface area contributed by atoms with Crippen molar-refractivity contribution in [3.63, 3.8) is 0 Å². The van der Waals surface area contributed by atoms with Gasteiger partial charge in [-0.2, -0.15) is 0 Å². The zero-order valence-corrected chi connectivity index (χ0v) is 11.9. The molecule has 0 radical (unpaired) electrons. The minimum absolute atomic E-state index is 0.202.